The first-order valence-electron chi connectivity index (χ1n) is 7.21. The van der Waals surface area contributed by atoms with Crippen LogP contribution >= 0.6 is 0 Å². The molecule has 0 bridgehead atoms. The van der Waals surface area contributed by atoms with E-state index in [1.165, 1.54) is 12.7 Å². The lowest BCUT2D eigenvalue weighted by Crippen LogP contribution is -1.91. The van der Waals surface area contributed by atoms with Crippen LogP contribution in [0.2, 0.25) is 0 Å². The third-order valence-corrected chi connectivity index (χ3v) is 3.62. The van der Waals surface area contributed by atoms with E-state index in [9.17, 15) is 0 Å². The van der Waals surface area contributed by atoms with Crippen LogP contribution in [0.3, 0.4) is 0 Å². The molecule has 0 unspecified atom stereocenters. The molecule has 4 aromatic rings. The van der Waals surface area contributed by atoms with Crippen molar-refractivity contribution in [3.63, 3.8) is 0 Å². The second kappa shape index (κ2) is 5.81. The van der Waals surface area contributed by atoms with E-state index in [-0.39, 0.29) is 0 Å². The van der Waals surface area contributed by atoms with Gasteiger partial charge in [0, 0.05) is 23.6 Å². The summed E-state index contributed by atoms with van der Waals surface area (Å²) in [6, 6.07) is 16.5. The molecular weight excluding hydrogens is 286 g/mol. The normalized spacial score (nSPS) is 10.6. The third-order valence-electron chi connectivity index (χ3n) is 3.62. The Morgan fingerprint density at radius 2 is 1.52 bits per heavy atom. The second-order valence-corrected chi connectivity index (χ2v) is 5.06. The highest BCUT2D eigenvalue weighted by Crippen LogP contribution is 2.25. The maximum absolute atomic E-state index is 4.20. The summed E-state index contributed by atoms with van der Waals surface area (Å²) in [5.74, 6) is 0.678. The number of benzene rings is 2. The fraction of sp³-hybridized carbons (Fsp3) is 0. The summed E-state index contributed by atoms with van der Waals surface area (Å²) in [5.41, 5.74) is 4.33. The second-order valence-electron chi connectivity index (χ2n) is 5.06. The first-order valence-corrected chi connectivity index (χ1v) is 7.21. The average Bonchev–Trinajstić information content (AvgIpc) is 3.17. The van der Waals surface area contributed by atoms with Crippen molar-refractivity contribution in [3.8, 4) is 28.2 Å². The number of hydrogen-bond acceptors (Lipinski definition) is 4. The first kappa shape index (κ1) is 13.3. The van der Waals surface area contributed by atoms with Crippen molar-refractivity contribution in [2.24, 2.45) is 0 Å². The van der Waals surface area contributed by atoms with E-state index in [0.717, 1.165) is 22.4 Å². The van der Waals surface area contributed by atoms with Gasteiger partial charge in [0.15, 0.2) is 5.82 Å². The first-order chi connectivity index (χ1) is 11.4. The van der Waals surface area contributed by atoms with Crippen LogP contribution in [0, 0.1) is 0 Å². The van der Waals surface area contributed by atoms with Crippen molar-refractivity contribution in [3.05, 3.63) is 79.9 Å². The molecule has 0 atom stereocenters. The van der Waals surface area contributed by atoms with Gasteiger partial charge in [-0.2, -0.15) is 0 Å². The molecule has 2 aromatic carbocycles. The average molecular weight is 299 g/mol. The Morgan fingerprint density at radius 1 is 0.739 bits per heavy atom. The Balaban J connectivity index is 1.68. The van der Waals surface area contributed by atoms with Crippen LogP contribution in [-0.4, -0.2) is 24.5 Å². The Labute approximate surface area is 133 Å². The van der Waals surface area contributed by atoms with Crippen molar-refractivity contribution in [2.75, 3.05) is 0 Å². The smallest absolute Gasteiger partial charge is 0.162 e. The molecule has 4 rings (SSSR count). The van der Waals surface area contributed by atoms with Gasteiger partial charge in [-0.25, -0.2) is 19.9 Å². The molecule has 0 amide bonds. The van der Waals surface area contributed by atoms with E-state index < -0.39 is 0 Å². The number of rotatable bonds is 3. The summed E-state index contributed by atoms with van der Waals surface area (Å²) in [4.78, 5) is 16.3. The monoisotopic (exact) mass is 299 g/mol. The third kappa shape index (κ3) is 2.72. The summed E-state index contributed by atoms with van der Waals surface area (Å²) in [5, 5.41) is 0. The molecule has 0 radical (unpaired) electrons. The van der Waals surface area contributed by atoms with E-state index in [1.807, 2.05) is 22.9 Å². The molecule has 0 saturated heterocycles. The molecule has 23 heavy (non-hydrogen) atoms. The Bertz CT molecular complexity index is 900. The molecule has 0 fully saturated rings. The van der Waals surface area contributed by atoms with Gasteiger partial charge in [0.2, 0.25) is 0 Å². The largest absolute Gasteiger partial charge is 0.306 e. The van der Waals surface area contributed by atoms with Gasteiger partial charge in [-0.3, -0.25) is 0 Å². The van der Waals surface area contributed by atoms with Crippen molar-refractivity contribution >= 4 is 0 Å². The van der Waals surface area contributed by atoms with Crippen LogP contribution < -0.4 is 0 Å². The Hall–Kier alpha value is -3.34. The summed E-state index contributed by atoms with van der Waals surface area (Å²) in [6.07, 6.45) is 8.50. The van der Waals surface area contributed by atoms with Gasteiger partial charge in [-0.15, -0.1) is 0 Å². The summed E-state index contributed by atoms with van der Waals surface area (Å²) >= 11 is 0. The van der Waals surface area contributed by atoms with Gasteiger partial charge in [0.1, 0.15) is 12.7 Å². The lowest BCUT2D eigenvalue weighted by Gasteiger charge is -2.07. The van der Waals surface area contributed by atoms with Gasteiger partial charge in [0.25, 0.3) is 0 Å². The molecule has 2 heterocycles. The predicted octanol–water partition coefficient (Wildman–Crippen LogP) is 3.39. The summed E-state index contributed by atoms with van der Waals surface area (Å²) in [7, 11) is 0. The highest BCUT2D eigenvalue weighted by atomic mass is 15.0. The molecular formula is C18H13N5. The molecule has 0 spiro atoms. The number of aromatic nitrogens is 5. The number of nitrogens with zero attached hydrogens (tertiary/aromatic N) is 5. The van der Waals surface area contributed by atoms with Crippen LogP contribution in [0.4, 0.5) is 0 Å². The minimum Gasteiger partial charge on any atom is -0.306 e. The minimum atomic E-state index is 0.678. The zero-order chi connectivity index (χ0) is 15.5. The number of hydrogen-bond donors (Lipinski definition) is 0. The van der Waals surface area contributed by atoms with E-state index in [0.29, 0.717) is 5.82 Å². The van der Waals surface area contributed by atoms with Gasteiger partial charge < -0.3 is 4.57 Å². The van der Waals surface area contributed by atoms with Gasteiger partial charge in [0.05, 0.1) is 6.33 Å². The molecule has 0 N–H and O–H groups in total. The lowest BCUT2D eigenvalue weighted by molar-refractivity contribution is 1.06. The zero-order valence-electron chi connectivity index (χ0n) is 12.2. The van der Waals surface area contributed by atoms with Crippen molar-refractivity contribution in [1.82, 2.24) is 24.5 Å². The van der Waals surface area contributed by atoms with Crippen molar-refractivity contribution in [1.29, 1.82) is 0 Å². The topological polar surface area (TPSA) is 56.5 Å². The van der Waals surface area contributed by atoms with Gasteiger partial charge >= 0.3 is 0 Å². The molecule has 0 aliphatic carbocycles. The van der Waals surface area contributed by atoms with Crippen LogP contribution in [0.1, 0.15) is 0 Å². The fourth-order valence-electron chi connectivity index (χ4n) is 2.46. The molecule has 2 aromatic heterocycles. The maximum Gasteiger partial charge on any atom is 0.162 e. The van der Waals surface area contributed by atoms with Gasteiger partial charge in [-0.1, -0.05) is 30.3 Å². The SMILES string of the molecule is c1cc(-c2ccc(-n3ccnc3)cc2)cc(-c2ncncn2)c1. The van der Waals surface area contributed by atoms with E-state index in [4.69, 9.17) is 0 Å². The fourth-order valence-corrected chi connectivity index (χ4v) is 2.46. The zero-order valence-corrected chi connectivity index (χ0v) is 12.2. The predicted molar refractivity (Wildman–Crippen MR) is 87.8 cm³/mol. The molecule has 0 aliphatic heterocycles. The Kier molecular flexibility index (Phi) is 3.37. The standard InChI is InChI=1S/C18H13N5/c1-2-15(10-16(3-1)18-21-11-20-12-22-18)14-4-6-17(7-5-14)23-9-8-19-13-23/h1-13H. The molecule has 110 valence electrons. The number of imidazole rings is 1. The molecule has 0 saturated carbocycles. The van der Waals surface area contributed by atoms with E-state index >= 15 is 0 Å². The highest BCUT2D eigenvalue weighted by molar-refractivity contribution is 5.70. The van der Waals surface area contributed by atoms with Crippen LogP contribution in [0.5, 0.6) is 0 Å². The molecule has 5 nitrogen and oxygen atoms in total. The maximum atomic E-state index is 4.20. The molecule has 5 heteroatoms. The van der Waals surface area contributed by atoms with Crippen LogP contribution in [0.15, 0.2) is 79.9 Å². The summed E-state index contributed by atoms with van der Waals surface area (Å²) < 4.78 is 1.98. The van der Waals surface area contributed by atoms with Crippen LogP contribution in [0.25, 0.3) is 28.2 Å². The van der Waals surface area contributed by atoms with Crippen LogP contribution in [-0.2, 0) is 0 Å². The summed E-state index contributed by atoms with van der Waals surface area (Å²) in [6.45, 7) is 0. The van der Waals surface area contributed by atoms with E-state index in [1.54, 1.807) is 12.5 Å². The van der Waals surface area contributed by atoms with Crippen molar-refractivity contribution in [2.45, 2.75) is 0 Å². The van der Waals surface area contributed by atoms with E-state index in [2.05, 4.69) is 56.3 Å². The van der Waals surface area contributed by atoms with Gasteiger partial charge in [-0.05, 0) is 29.3 Å². The van der Waals surface area contributed by atoms with Crippen molar-refractivity contribution < 1.29 is 0 Å². The molecule has 0 aliphatic rings. The highest BCUT2D eigenvalue weighted by Gasteiger charge is 2.04. The Morgan fingerprint density at radius 3 is 2.26 bits per heavy atom. The quantitative estimate of drug-likeness (QED) is 0.582. The lowest BCUT2D eigenvalue weighted by atomic mass is 10.0. The minimum absolute atomic E-state index is 0.678.